The number of quaternary nitrogens is 1. The van der Waals surface area contributed by atoms with Gasteiger partial charge in [0, 0.05) is 31.3 Å². The standard InChI is InChI=1S/C18H24N4O3/c1-14(23)21-11-9-20(10-12-21)13-17(24)19-15-4-6-16(7-5-15)22-8-2-3-18(22)25/h4-7H,2-3,8-13H2,1H3,(H,19,24)/p+1. The molecule has 0 aromatic heterocycles. The molecule has 7 nitrogen and oxygen atoms in total. The molecule has 2 fully saturated rings. The van der Waals surface area contributed by atoms with E-state index >= 15 is 0 Å². The minimum Gasteiger partial charge on any atom is -0.332 e. The summed E-state index contributed by atoms with van der Waals surface area (Å²) in [5.74, 6) is 0.224. The van der Waals surface area contributed by atoms with Crippen LogP contribution >= 0.6 is 0 Å². The van der Waals surface area contributed by atoms with Crippen molar-refractivity contribution in [2.45, 2.75) is 19.8 Å². The number of hydrogen-bond donors (Lipinski definition) is 2. The van der Waals surface area contributed by atoms with E-state index in [0.717, 1.165) is 37.4 Å². The van der Waals surface area contributed by atoms with Crippen LogP contribution in [0.1, 0.15) is 19.8 Å². The molecule has 2 heterocycles. The molecule has 2 aliphatic rings. The Morgan fingerprint density at radius 1 is 1.12 bits per heavy atom. The smallest absolute Gasteiger partial charge is 0.279 e. The summed E-state index contributed by atoms with van der Waals surface area (Å²) >= 11 is 0. The molecule has 3 rings (SSSR count). The predicted octanol–water partition coefficient (Wildman–Crippen LogP) is -0.501. The van der Waals surface area contributed by atoms with Crippen LogP contribution in [-0.4, -0.2) is 61.9 Å². The Morgan fingerprint density at radius 3 is 2.36 bits per heavy atom. The minimum atomic E-state index is -0.0312. The fraction of sp³-hybridized carbons (Fsp3) is 0.500. The van der Waals surface area contributed by atoms with Crippen molar-refractivity contribution < 1.29 is 19.3 Å². The molecule has 0 unspecified atom stereocenters. The highest BCUT2D eigenvalue weighted by atomic mass is 16.2. The van der Waals surface area contributed by atoms with Crippen LogP contribution in [0.2, 0.25) is 0 Å². The lowest BCUT2D eigenvalue weighted by molar-refractivity contribution is -0.895. The highest BCUT2D eigenvalue weighted by Gasteiger charge is 2.24. The van der Waals surface area contributed by atoms with Gasteiger partial charge in [-0.15, -0.1) is 0 Å². The fourth-order valence-corrected chi connectivity index (χ4v) is 3.39. The van der Waals surface area contributed by atoms with Gasteiger partial charge in [-0.05, 0) is 30.7 Å². The number of amides is 3. The van der Waals surface area contributed by atoms with Crippen LogP contribution in [0.25, 0.3) is 0 Å². The number of nitrogens with zero attached hydrogens (tertiary/aromatic N) is 2. The lowest BCUT2D eigenvalue weighted by Crippen LogP contribution is -3.15. The van der Waals surface area contributed by atoms with Crippen LogP contribution in [-0.2, 0) is 14.4 Å². The summed E-state index contributed by atoms with van der Waals surface area (Å²) in [5, 5.41) is 2.91. The maximum Gasteiger partial charge on any atom is 0.279 e. The molecule has 0 saturated carbocycles. The van der Waals surface area contributed by atoms with Gasteiger partial charge >= 0.3 is 0 Å². The summed E-state index contributed by atoms with van der Waals surface area (Å²) in [6.45, 7) is 5.74. The zero-order valence-electron chi connectivity index (χ0n) is 14.6. The van der Waals surface area contributed by atoms with E-state index in [1.165, 1.54) is 4.90 Å². The van der Waals surface area contributed by atoms with Crippen molar-refractivity contribution in [3.63, 3.8) is 0 Å². The molecule has 0 radical (unpaired) electrons. The summed E-state index contributed by atoms with van der Waals surface area (Å²) in [5.41, 5.74) is 1.62. The lowest BCUT2D eigenvalue weighted by Gasteiger charge is -2.31. The van der Waals surface area contributed by atoms with Gasteiger partial charge in [0.05, 0.1) is 26.2 Å². The molecule has 0 spiro atoms. The number of carbonyl (C=O) groups excluding carboxylic acids is 3. The van der Waals surface area contributed by atoms with E-state index in [1.54, 1.807) is 11.8 Å². The third kappa shape index (κ3) is 4.36. The Balaban J connectivity index is 1.48. The normalized spacial score (nSPS) is 18.5. The molecule has 3 amide bonds. The largest absolute Gasteiger partial charge is 0.332 e. The van der Waals surface area contributed by atoms with Gasteiger partial charge < -0.3 is 20.0 Å². The Hall–Kier alpha value is -2.41. The summed E-state index contributed by atoms with van der Waals surface area (Å²) in [6.07, 6.45) is 1.51. The van der Waals surface area contributed by atoms with E-state index in [-0.39, 0.29) is 17.7 Å². The molecule has 0 aliphatic carbocycles. The van der Waals surface area contributed by atoms with Crippen LogP contribution in [0, 0.1) is 0 Å². The van der Waals surface area contributed by atoms with E-state index in [2.05, 4.69) is 5.32 Å². The van der Waals surface area contributed by atoms with Gasteiger partial charge in [0.15, 0.2) is 6.54 Å². The van der Waals surface area contributed by atoms with Crippen LogP contribution in [0.4, 0.5) is 11.4 Å². The first-order chi connectivity index (χ1) is 12.0. The van der Waals surface area contributed by atoms with Crippen molar-refractivity contribution in [1.82, 2.24) is 4.90 Å². The molecule has 7 heteroatoms. The number of carbonyl (C=O) groups is 3. The Bertz CT molecular complexity index is 651. The summed E-state index contributed by atoms with van der Waals surface area (Å²) in [4.78, 5) is 40.1. The van der Waals surface area contributed by atoms with E-state index in [1.807, 2.05) is 29.2 Å². The molecule has 0 bridgehead atoms. The first-order valence-electron chi connectivity index (χ1n) is 8.82. The predicted molar refractivity (Wildman–Crippen MR) is 94.5 cm³/mol. The Morgan fingerprint density at radius 2 is 1.80 bits per heavy atom. The molecule has 2 saturated heterocycles. The van der Waals surface area contributed by atoms with Crippen LogP contribution in [0.3, 0.4) is 0 Å². The molecular formula is C18H25N4O3+. The molecule has 25 heavy (non-hydrogen) atoms. The van der Waals surface area contributed by atoms with E-state index in [9.17, 15) is 14.4 Å². The number of anilines is 2. The first-order valence-corrected chi connectivity index (χ1v) is 8.82. The highest BCUT2D eigenvalue weighted by molar-refractivity contribution is 5.96. The Labute approximate surface area is 147 Å². The van der Waals surface area contributed by atoms with Gasteiger partial charge in [-0.25, -0.2) is 0 Å². The van der Waals surface area contributed by atoms with Gasteiger partial charge in [-0.2, -0.15) is 0 Å². The van der Waals surface area contributed by atoms with Gasteiger partial charge in [-0.3, -0.25) is 14.4 Å². The molecule has 2 N–H and O–H groups in total. The van der Waals surface area contributed by atoms with Gasteiger partial charge in [0.25, 0.3) is 5.91 Å². The average molecular weight is 345 g/mol. The number of benzene rings is 1. The second-order valence-corrected chi connectivity index (χ2v) is 6.68. The molecule has 1 aromatic rings. The van der Waals surface area contributed by atoms with Crippen LogP contribution in [0.5, 0.6) is 0 Å². The third-order valence-corrected chi connectivity index (χ3v) is 4.86. The number of nitrogens with one attached hydrogen (secondary N) is 2. The van der Waals surface area contributed by atoms with E-state index < -0.39 is 0 Å². The SMILES string of the molecule is CC(=O)N1CC[NH+](CC(=O)Nc2ccc(N3CCCC3=O)cc2)CC1. The maximum atomic E-state index is 12.2. The van der Waals surface area contributed by atoms with Crippen LogP contribution < -0.4 is 15.1 Å². The quantitative estimate of drug-likeness (QED) is 0.773. The Kier molecular flexibility index (Phi) is 5.33. The van der Waals surface area contributed by atoms with Crippen molar-refractivity contribution >= 4 is 29.1 Å². The van der Waals surface area contributed by atoms with Crippen molar-refractivity contribution in [1.29, 1.82) is 0 Å². The fourth-order valence-electron chi connectivity index (χ4n) is 3.39. The van der Waals surface area contributed by atoms with Gasteiger partial charge in [-0.1, -0.05) is 0 Å². The molecule has 0 atom stereocenters. The lowest BCUT2D eigenvalue weighted by atomic mass is 10.2. The summed E-state index contributed by atoms with van der Waals surface area (Å²) < 4.78 is 0. The molecule has 2 aliphatic heterocycles. The van der Waals surface area contributed by atoms with E-state index in [0.29, 0.717) is 26.1 Å². The zero-order chi connectivity index (χ0) is 17.8. The van der Waals surface area contributed by atoms with Crippen LogP contribution in [0.15, 0.2) is 24.3 Å². The third-order valence-electron chi connectivity index (χ3n) is 4.86. The molecule has 1 aromatic carbocycles. The van der Waals surface area contributed by atoms with Gasteiger partial charge in [0.2, 0.25) is 11.8 Å². The molecular weight excluding hydrogens is 320 g/mol. The number of hydrogen-bond acceptors (Lipinski definition) is 3. The number of rotatable bonds is 4. The monoisotopic (exact) mass is 345 g/mol. The topological polar surface area (TPSA) is 74.2 Å². The second-order valence-electron chi connectivity index (χ2n) is 6.68. The number of piperazine rings is 1. The van der Waals surface area contributed by atoms with Crippen molar-refractivity contribution in [3.8, 4) is 0 Å². The molecule has 134 valence electrons. The van der Waals surface area contributed by atoms with E-state index in [4.69, 9.17) is 0 Å². The van der Waals surface area contributed by atoms with Crippen molar-refractivity contribution in [2.24, 2.45) is 0 Å². The first kappa shape index (κ1) is 17.4. The zero-order valence-corrected chi connectivity index (χ0v) is 14.6. The summed E-state index contributed by atoms with van der Waals surface area (Å²) in [6, 6.07) is 7.42. The maximum absolute atomic E-state index is 12.2. The average Bonchev–Trinajstić information content (AvgIpc) is 3.02. The minimum absolute atomic E-state index is 0.0312. The van der Waals surface area contributed by atoms with Gasteiger partial charge in [0.1, 0.15) is 0 Å². The van der Waals surface area contributed by atoms with Crippen molar-refractivity contribution in [2.75, 3.05) is 49.5 Å². The highest BCUT2D eigenvalue weighted by Crippen LogP contribution is 2.22. The second kappa shape index (κ2) is 7.65. The summed E-state index contributed by atoms with van der Waals surface area (Å²) in [7, 11) is 0. The van der Waals surface area contributed by atoms with Crippen molar-refractivity contribution in [3.05, 3.63) is 24.3 Å².